The van der Waals surface area contributed by atoms with E-state index in [9.17, 15) is 4.79 Å². The predicted octanol–water partition coefficient (Wildman–Crippen LogP) is 2.15. The Balaban J connectivity index is 2.51. The van der Waals surface area contributed by atoms with E-state index in [1.165, 1.54) is 18.4 Å². The van der Waals surface area contributed by atoms with Gasteiger partial charge in [-0.25, -0.2) is 4.79 Å². The van der Waals surface area contributed by atoms with Gasteiger partial charge in [0, 0.05) is 11.2 Å². The lowest BCUT2D eigenvalue weighted by atomic mass is 10.1. The lowest BCUT2D eigenvalue weighted by molar-refractivity contribution is 0.0606. The second kappa shape index (κ2) is 4.00. The summed E-state index contributed by atoms with van der Waals surface area (Å²) >= 11 is 1.43. The molecule has 0 bridgehead atoms. The maximum atomic E-state index is 11.3. The van der Waals surface area contributed by atoms with Crippen molar-refractivity contribution in [1.29, 1.82) is 0 Å². The Morgan fingerprint density at radius 1 is 1.47 bits per heavy atom. The average molecular weight is 221 g/mol. The average Bonchev–Trinajstić information content (AvgIpc) is 2.70. The van der Waals surface area contributed by atoms with Crippen LogP contribution < -0.4 is 5.73 Å². The third-order valence-electron chi connectivity index (χ3n) is 2.20. The number of hydrogen-bond donors (Lipinski definition) is 1. The summed E-state index contributed by atoms with van der Waals surface area (Å²) in [4.78, 5) is 11.9. The minimum Gasteiger partial charge on any atom is -0.465 e. The van der Waals surface area contributed by atoms with E-state index in [1.54, 1.807) is 0 Å². The fraction of sp³-hybridized carbons (Fsp3) is 0.182. The van der Waals surface area contributed by atoms with Crippen LogP contribution in [0.15, 0.2) is 24.3 Å². The van der Waals surface area contributed by atoms with E-state index >= 15 is 0 Å². The van der Waals surface area contributed by atoms with Gasteiger partial charge in [-0.2, -0.15) is 0 Å². The summed E-state index contributed by atoms with van der Waals surface area (Å²) in [5.41, 5.74) is 6.61. The maximum absolute atomic E-state index is 11.3. The largest absolute Gasteiger partial charge is 0.465 e. The molecule has 0 saturated carbocycles. The van der Waals surface area contributed by atoms with Crippen molar-refractivity contribution in [3.05, 3.63) is 34.7 Å². The highest BCUT2D eigenvalue weighted by atomic mass is 32.1. The molecular weight excluding hydrogens is 210 g/mol. The summed E-state index contributed by atoms with van der Waals surface area (Å²) in [5, 5.41) is 1.04. The van der Waals surface area contributed by atoms with Crippen LogP contribution in [0.4, 0.5) is 0 Å². The van der Waals surface area contributed by atoms with Gasteiger partial charge in [-0.15, -0.1) is 11.3 Å². The number of hydrogen-bond acceptors (Lipinski definition) is 4. The van der Waals surface area contributed by atoms with Crippen LogP contribution in [0, 0.1) is 0 Å². The number of rotatable bonds is 2. The molecule has 0 aliphatic carbocycles. The Bertz CT molecular complexity index is 504. The van der Waals surface area contributed by atoms with Crippen molar-refractivity contribution in [2.75, 3.05) is 7.11 Å². The van der Waals surface area contributed by atoms with Gasteiger partial charge in [0.05, 0.1) is 7.11 Å². The molecule has 0 saturated heterocycles. The van der Waals surface area contributed by atoms with E-state index < -0.39 is 0 Å². The normalized spacial score (nSPS) is 10.5. The molecule has 0 fully saturated rings. The van der Waals surface area contributed by atoms with Gasteiger partial charge < -0.3 is 10.5 Å². The maximum Gasteiger partial charge on any atom is 0.348 e. The monoisotopic (exact) mass is 221 g/mol. The van der Waals surface area contributed by atoms with Crippen LogP contribution in [0.3, 0.4) is 0 Å². The van der Waals surface area contributed by atoms with E-state index in [0.29, 0.717) is 11.4 Å². The van der Waals surface area contributed by atoms with Crippen molar-refractivity contribution in [2.24, 2.45) is 5.73 Å². The number of benzene rings is 1. The Hall–Kier alpha value is -1.39. The second-order valence-corrected chi connectivity index (χ2v) is 4.26. The number of nitrogens with two attached hydrogens (primary N) is 1. The molecule has 0 amide bonds. The van der Waals surface area contributed by atoms with E-state index in [1.807, 2.05) is 24.3 Å². The molecule has 0 aliphatic heterocycles. The summed E-state index contributed by atoms with van der Waals surface area (Å²) < 4.78 is 5.75. The minimum absolute atomic E-state index is 0.287. The number of methoxy groups -OCH3 is 1. The second-order valence-electron chi connectivity index (χ2n) is 3.18. The molecular formula is C11H11NO2S. The van der Waals surface area contributed by atoms with Crippen LogP contribution >= 0.6 is 11.3 Å². The molecule has 1 aromatic carbocycles. The quantitative estimate of drug-likeness (QED) is 0.790. The lowest BCUT2D eigenvalue weighted by Crippen LogP contribution is -1.96. The van der Waals surface area contributed by atoms with Crippen LogP contribution in [0.25, 0.3) is 10.1 Å². The number of esters is 1. The molecule has 78 valence electrons. The van der Waals surface area contributed by atoms with Gasteiger partial charge in [-0.1, -0.05) is 6.07 Å². The summed E-state index contributed by atoms with van der Waals surface area (Å²) in [6.07, 6.45) is 0. The fourth-order valence-corrected chi connectivity index (χ4v) is 2.38. The third-order valence-corrected chi connectivity index (χ3v) is 3.30. The Morgan fingerprint density at radius 2 is 2.27 bits per heavy atom. The summed E-state index contributed by atoms with van der Waals surface area (Å²) in [7, 11) is 1.39. The summed E-state index contributed by atoms with van der Waals surface area (Å²) in [6.45, 7) is 0.513. The van der Waals surface area contributed by atoms with Crippen molar-refractivity contribution in [3.63, 3.8) is 0 Å². The first-order valence-electron chi connectivity index (χ1n) is 4.55. The Morgan fingerprint density at radius 3 is 2.93 bits per heavy atom. The molecule has 2 aromatic rings. The first kappa shape index (κ1) is 10.1. The van der Waals surface area contributed by atoms with Crippen LogP contribution in [-0.4, -0.2) is 13.1 Å². The molecule has 1 heterocycles. The Kier molecular flexibility index (Phi) is 2.70. The minimum atomic E-state index is -0.287. The van der Waals surface area contributed by atoms with Gasteiger partial charge >= 0.3 is 5.97 Å². The van der Waals surface area contributed by atoms with Gasteiger partial charge in [-0.05, 0) is 29.1 Å². The summed E-state index contributed by atoms with van der Waals surface area (Å²) in [5.74, 6) is -0.287. The number of thiophene rings is 1. The first-order chi connectivity index (χ1) is 7.24. The fourth-order valence-electron chi connectivity index (χ4n) is 1.42. The van der Waals surface area contributed by atoms with Crippen LogP contribution in [0.2, 0.25) is 0 Å². The van der Waals surface area contributed by atoms with Crippen molar-refractivity contribution in [2.45, 2.75) is 6.54 Å². The van der Waals surface area contributed by atoms with Crippen LogP contribution in [0.5, 0.6) is 0 Å². The third kappa shape index (κ3) is 1.86. The van der Waals surface area contributed by atoms with Crippen molar-refractivity contribution < 1.29 is 9.53 Å². The van der Waals surface area contributed by atoms with Gasteiger partial charge in [0.1, 0.15) is 4.88 Å². The molecule has 4 heteroatoms. The topological polar surface area (TPSA) is 52.3 Å². The molecule has 3 nitrogen and oxygen atoms in total. The van der Waals surface area contributed by atoms with Crippen molar-refractivity contribution >= 4 is 27.4 Å². The highest BCUT2D eigenvalue weighted by Gasteiger charge is 2.09. The smallest absolute Gasteiger partial charge is 0.348 e. The highest BCUT2D eigenvalue weighted by molar-refractivity contribution is 7.20. The van der Waals surface area contributed by atoms with Crippen LogP contribution in [0.1, 0.15) is 15.2 Å². The zero-order valence-electron chi connectivity index (χ0n) is 8.32. The zero-order valence-corrected chi connectivity index (χ0v) is 9.14. The predicted molar refractivity (Wildman–Crippen MR) is 61.1 cm³/mol. The Labute approximate surface area is 91.5 Å². The van der Waals surface area contributed by atoms with Gasteiger partial charge in [-0.3, -0.25) is 0 Å². The molecule has 0 unspecified atom stereocenters. The standard InChI is InChI=1S/C11H11NO2S/c1-14-11(13)10-5-8-4-7(6-12)2-3-9(8)15-10/h2-5H,6,12H2,1H3. The molecule has 0 spiro atoms. The van der Waals surface area contributed by atoms with Crippen LogP contribution in [-0.2, 0) is 11.3 Å². The van der Waals surface area contributed by atoms with Gasteiger partial charge in [0.15, 0.2) is 0 Å². The van der Waals surface area contributed by atoms with Gasteiger partial charge in [0.25, 0.3) is 0 Å². The first-order valence-corrected chi connectivity index (χ1v) is 5.37. The van der Waals surface area contributed by atoms with E-state index in [0.717, 1.165) is 15.6 Å². The molecule has 1 aromatic heterocycles. The van der Waals surface area contributed by atoms with E-state index in [-0.39, 0.29) is 5.97 Å². The zero-order chi connectivity index (χ0) is 10.8. The molecule has 0 atom stereocenters. The van der Waals surface area contributed by atoms with Crippen molar-refractivity contribution in [3.8, 4) is 0 Å². The van der Waals surface area contributed by atoms with E-state index in [4.69, 9.17) is 5.73 Å². The molecule has 2 N–H and O–H groups in total. The molecule has 0 aliphatic rings. The summed E-state index contributed by atoms with van der Waals surface area (Å²) in [6, 6.07) is 7.79. The molecule has 2 rings (SSSR count). The van der Waals surface area contributed by atoms with Crippen molar-refractivity contribution in [1.82, 2.24) is 0 Å². The number of carbonyl (C=O) groups excluding carboxylic acids is 1. The lowest BCUT2D eigenvalue weighted by Gasteiger charge is -1.94. The SMILES string of the molecule is COC(=O)c1cc2cc(CN)ccc2s1. The number of fused-ring (bicyclic) bond motifs is 1. The number of carbonyl (C=O) groups is 1. The molecule has 0 radical (unpaired) electrons. The highest BCUT2D eigenvalue weighted by Crippen LogP contribution is 2.26. The van der Waals surface area contributed by atoms with E-state index in [2.05, 4.69) is 4.74 Å². The molecule has 15 heavy (non-hydrogen) atoms. The van der Waals surface area contributed by atoms with Gasteiger partial charge in [0.2, 0.25) is 0 Å². The number of ether oxygens (including phenoxy) is 1.